The Kier molecular flexibility index (Phi) is 5.26. The molecule has 0 aliphatic heterocycles. The molecule has 2 aliphatic rings. The monoisotopic (exact) mass is 282 g/mol. The first-order chi connectivity index (χ1) is 9.56. The summed E-state index contributed by atoms with van der Waals surface area (Å²) in [7, 11) is 0. The summed E-state index contributed by atoms with van der Waals surface area (Å²) >= 11 is 0. The van der Waals surface area contributed by atoms with Crippen LogP contribution in [0.2, 0.25) is 0 Å². The number of rotatable bonds is 4. The molecule has 0 aromatic heterocycles. The number of aliphatic carboxylic acids is 1. The van der Waals surface area contributed by atoms with E-state index in [0.717, 1.165) is 13.0 Å². The molecule has 5 nitrogen and oxygen atoms in total. The van der Waals surface area contributed by atoms with Crippen LogP contribution in [0.1, 0.15) is 51.9 Å². The number of carbonyl (C=O) groups excluding carboxylic acids is 1. The van der Waals surface area contributed by atoms with Crippen molar-refractivity contribution in [3.8, 4) is 0 Å². The summed E-state index contributed by atoms with van der Waals surface area (Å²) in [5, 5.41) is 14.8. The molecule has 0 spiro atoms. The normalized spacial score (nSPS) is 33.6. The lowest BCUT2D eigenvalue weighted by molar-refractivity contribution is -0.141. The number of carboxylic acid groups (broad SMARTS) is 1. The first-order valence-corrected chi connectivity index (χ1v) is 7.83. The summed E-state index contributed by atoms with van der Waals surface area (Å²) < 4.78 is 0. The highest BCUT2D eigenvalue weighted by Crippen LogP contribution is 2.29. The van der Waals surface area contributed by atoms with E-state index in [1.54, 1.807) is 0 Å². The molecular weight excluding hydrogens is 256 g/mol. The van der Waals surface area contributed by atoms with Gasteiger partial charge in [-0.25, -0.2) is 4.79 Å². The van der Waals surface area contributed by atoms with E-state index in [1.165, 1.54) is 25.7 Å². The maximum atomic E-state index is 11.9. The molecular formula is C15H26N2O3. The summed E-state index contributed by atoms with van der Waals surface area (Å²) in [6.45, 7) is 3.00. The Hall–Kier alpha value is -1.26. The van der Waals surface area contributed by atoms with E-state index < -0.39 is 5.97 Å². The molecule has 0 bridgehead atoms. The molecule has 2 rings (SSSR count). The van der Waals surface area contributed by atoms with Crippen LogP contribution in [0, 0.1) is 17.8 Å². The molecule has 20 heavy (non-hydrogen) atoms. The number of hydrogen-bond acceptors (Lipinski definition) is 2. The Morgan fingerprint density at radius 3 is 2.55 bits per heavy atom. The number of carbonyl (C=O) groups is 2. The highest BCUT2D eigenvalue weighted by molar-refractivity contribution is 5.75. The molecule has 0 saturated heterocycles. The van der Waals surface area contributed by atoms with Crippen LogP contribution < -0.4 is 10.6 Å². The molecule has 0 aromatic rings. The lowest BCUT2D eigenvalue weighted by Gasteiger charge is -2.29. The highest BCUT2D eigenvalue weighted by atomic mass is 16.4. The van der Waals surface area contributed by atoms with E-state index in [4.69, 9.17) is 5.11 Å². The minimum atomic E-state index is -0.745. The van der Waals surface area contributed by atoms with Crippen LogP contribution in [-0.4, -0.2) is 29.7 Å². The predicted molar refractivity (Wildman–Crippen MR) is 76.4 cm³/mol. The van der Waals surface area contributed by atoms with E-state index in [-0.39, 0.29) is 18.0 Å². The Bertz CT molecular complexity index is 359. The van der Waals surface area contributed by atoms with E-state index in [0.29, 0.717) is 24.7 Å². The summed E-state index contributed by atoms with van der Waals surface area (Å²) in [4.78, 5) is 22.7. The number of amides is 2. The maximum Gasteiger partial charge on any atom is 0.315 e. The second-order valence-corrected chi connectivity index (χ2v) is 6.42. The summed E-state index contributed by atoms with van der Waals surface area (Å²) in [6, 6.07) is -0.126. The first-order valence-electron chi connectivity index (χ1n) is 7.83. The van der Waals surface area contributed by atoms with Gasteiger partial charge in [-0.3, -0.25) is 4.79 Å². The molecule has 4 atom stereocenters. The molecule has 114 valence electrons. The maximum absolute atomic E-state index is 11.9. The fraction of sp³-hybridized carbons (Fsp3) is 0.867. The highest BCUT2D eigenvalue weighted by Gasteiger charge is 2.30. The molecule has 2 unspecified atom stereocenters. The summed E-state index contributed by atoms with van der Waals surface area (Å²) in [5.41, 5.74) is 0. The molecule has 3 N–H and O–H groups in total. The predicted octanol–water partition coefficient (Wildman–Crippen LogP) is 2.37. The van der Waals surface area contributed by atoms with Crippen LogP contribution in [-0.2, 0) is 4.79 Å². The van der Waals surface area contributed by atoms with Gasteiger partial charge in [0.25, 0.3) is 0 Å². The zero-order valence-electron chi connectivity index (χ0n) is 12.2. The number of hydrogen-bond donors (Lipinski definition) is 3. The summed E-state index contributed by atoms with van der Waals surface area (Å²) in [6.07, 6.45) is 7.03. The first kappa shape index (κ1) is 15.1. The van der Waals surface area contributed by atoms with E-state index in [2.05, 4.69) is 17.6 Å². The van der Waals surface area contributed by atoms with E-state index in [1.807, 2.05) is 0 Å². The quantitative estimate of drug-likeness (QED) is 0.740. The van der Waals surface area contributed by atoms with Crippen LogP contribution in [0.3, 0.4) is 0 Å². The van der Waals surface area contributed by atoms with Crippen molar-refractivity contribution in [3.05, 3.63) is 0 Å². The Balaban J connectivity index is 1.67. The molecule has 0 radical (unpaired) electrons. The van der Waals surface area contributed by atoms with Crippen molar-refractivity contribution in [2.24, 2.45) is 17.8 Å². The standard InChI is InChI=1S/C15H26N2O3/c1-10-4-2-3-5-12(10)9-16-15(20)17-13-7-6-11(8-13)14(18)19/h10-13H,2-9H2,1H3,(H,18,19)(H2,16,17,20)/t10?,11-,12?,13+/m1/s1. The Morgan fingerprint density at radius 1 is 1.15 bits per heavy atom. The van der Waals surface area contributed by atoms with Crippen LogP contribution >= 0.6 is 0 Å². The fourth-order valence-corrected chi connectivity index (χ4v) is 3.49. The van der Waals surface area contributed by atoms with Gasteiger partial charge in [-0.2, -0.15) is 0 Å². The molecule has 2 amide bonds. The van der Waals surface area contributed by atoms with Gasteiger partial charge in [0.05, 0.1) is 5.92 Å². The second-order valence-electron chi connectivity index (χ2n) is 6.42. The van der Waals surface area contributed by atoms with Crippen molar-refractivity contribution >= 4 is 12.0 Å². The van der Waals surface area contributed by atoms with Crippen LogP contribution in [0.15, 0.2) is 0 Å². The third kappa shape index (κ3) is 4.12. The number of urea groups is 1. The minimum Gasteiger partial charge on any atom is -0.481 e. The van der Waals surface area contributed by atoms with Gasteiger partial charge in [-0.1, -0.05) is 26.2 Å². The Morgan fingerprint density at radius 2 is 1.90 bits per heavy atom. The topological polar surface area (TPSA) is 78.4 Å². The van der Waals surface area contributed by atoms with Gasteiger partial charge in [-0.05, 0) is 37.5 Å². The van der Waals surface area contributed by atoms with Gasteiger partial charge in [0.15, 0.2) is 0 Å². The van der Waals surface area contributed by atoms with Gasteiger partial charge in [0.2, 0.25) is 0 Å². The van der Waals surface area contributed by atoms with Crippen LogP contribution in [0.25, 0.3) is 0 Å². The molecule has 0 heterocycles. The average Bonchev–Trinajstić information content (AvgIpc) is 2.86. The zero-order chi connectivity index (χ0) is 14.5. The largest absolute Gasteiger partial charge is 0.481 e. The minimum absolute atomic E-state index is 0.0138. The van der Waals surface area contributed by atoms with Gasteiger partial charge in [-0.15, -0.1) is 0 Å². The SMILES string of the molecule is CC1CCCCC1CNC(=O)N[C@H]1CC[C@@H](C(=O)O)C1. The van der Waals surface area contributed by atoms with Gasteiger partial charge in [0.1, 0.15) is 0 Å². The smallest absolute Gasteiger partial charge is 0.315 e. The van der Waals surface area contributed by atoms with Crippen molar-refractivity contribution in [2.75, 3.05) is 6.54 Å². The average molecular weight is 282 g/mol. The van der Waals surface area contributed by atoms with Crippen molar-refractivity contribution in [3.63, 3.8) is 0 Å². The zero-order valence-corrected chi connectivity index (χ0v) is 12.2. The van der Waals surface area contributed by atoms with Gasteiger partial charge >= 0.3 is 12.0 Å². The third-order valence-electron chi connectivity index (χ3n) is 4.93. The van der Waals surface area contributed by atoms with Gasteiger partial charge in [0, 0.05) is 12.6 Å². The van der Waals surface area contributed by atoms with Gasteiger partial charge < -0.3 is 15.7 Å². The van der Waals surface area contributed by atoms with Crippen molar-refractivity contribution in [2.45, 2.75) is 57.9 Å². The molecule has 5 heteroatoms. The molecule has 0 aromatic carbocycles. The molecule has 2 fully saturated rings. The van der Waals surface area contributed by atoms with Crippen molar-refractivity contribution < 1.29 is 14.7 Å². The van der Waals surface area contributed by atoms with Crippen LogP contribution in [0.4, 0.5) is 4.79 Å². The molecule has 2 saturated carbocycles. The van der Waals surface area contributed by atoms with Crippen LogP contribution in [0.5, 0.6) is 0 Å². The second kappa shape index (κ2) is 6.95. The fourth-order valence-electron chi connectivity index (χ4n) is 3.49. The number of carboxylic acids is 1. The molecule has 2 aliphatic carbocycles. The third-order valence-corrected chi connectivity index (χ3v) is 4.93. The van der Waals surface area contributed by atoms with Crippen molar-refractivity contribution in [1.29, 1.82) is 0 Å². The van der Waals surface area contributed by atoms with Crippen molar-refractivity contribution in [1.82, 2.24) is 10.6 Å². The lowest BCUT2D eigenvalue weighted by atomic mass is 9.80. The Labute approximate surface area is 120 Å². The lowest BCUT2D eigenvalue weighted by Crippen LogP contribution is -2.43. The summed E-state index contributed by atoms with van der Waals surface area (Å²) in [5.74, 6) is 0.237. The number of nitrogens with one attached hydrogen (secondary N) is 2. The van der Waals surface area contributed by atoms with E-state index in [9.17, 15) is 9.59 Å². The van der Waals surface area contributed by atoms with E-state index >= 15 is 0 Å².